The van der Waals surface area contributed by atoms with E-state index >= 15 is 0 Å². The number of sulfone groups is 1. The summed E-state index contributed by atoms with van der Waals surface area (Å²) in [5.41, 5.74) is 0. The Morgan fingerprint density at radius 1 is 1.29 bits per heavy atom. The van der Waals surface area contributed by atoms with E-state index < -0.39 is 9.84 Å². The van der Waals surface area contributed by atoms with E-state index in [1.807, 2.05) is 17.5 Å². The number of unbranched alkanes of at least 4 members (excludes halogenated alkanes) is 2. The second-order valence-electron chi connectivity index (χ2n) is 4.12. The smallest absolute Gasteiger partial charge is 0.151 e. The average molecular weight is 275 g/mol. The monoisotopic (exact) mass is 275 g/mol. The molecule has 98 valence electrons. The Labute approximate surface area is 108 Å². The van der Waals surface area contributed by atoms with Crippen LogP contribution in [-0.2, 0) is 16.4 Å². The van der Waals surface area contributed by atoms with Crippen molar-refractivity contribution in [2.24, 2.45) is 0 Å². The van der Waals surface area contributed by atoms with Gasteiger partial charge in [-0.25, -0.2) is 8.42 Å². The van der Waals surface area contributed by atoms with Gasteiger partial charge < -0.3 is 5.32 Å². The lowest BCUT2D eigenvalue weighted by Gasteiger charge is -2.05. The molecule has 0 fully saturated rings. The molecule has 1 aromatic rings. The first-order valence-corrected chi connectivity index (χ1v) is 8.77. The summed E-state index contributed by atoms with van der Waals surface area (Å²) in [6, 6.07) is 4.05. The minimum absolute atomic E-state index is 0.252. The van der Waals surface area contributed by atoms with E-state index in [-0.39, 0.29) is 5.75 Å². The molecule has 1 rings (SSSR count). The van der Waals surface area contributed by atoms with Crippen LogP contribution in [0.4, 0.5) is 0 Å². The van der Waals surface area contributed by atoms with Crippen LogP contribution < -0.4 is 5.32 Å². The predicted octanol–water partition coefficient (Wildman–Crippen LogP) is 2.44. The zero-order valence-corrected chi connectivity index (χ0v) is 11.9. The maximum atomic E-state index is 11.6. The molecule has 0 saturated heterocycles. The third-order valence-corrected chi connectivity index (χ3v) is 5.14. The van der Waals surface area contributed by atoms with Crippen molar-refractivity contribution in [3.05, 3.63) is 22.4 Å². The van der Waals surface area contributed by atoms with Gasteiger partial charge in [-0.2, -0.15) is 0 Å². The zero-order valence-electron chi connectivity index (χ0n) is 10.3. The van der Waals surface area contributed by atoms with Gasteiger partial charge in [-0.3, -0.25) is 0 Å². The first-order chi connectivity index (χ1) is 8.14. The molecule has 1 heterocycles. The van der Waals surface area contributed by atoms with E-state index in [0.717, 1.165) is 25.8 Å². The number of hydrogen-bond acceptors (Lipinski definition) is 4. The quantitative estimate of drug-likeness (QED) is 0.704. The van der Waals surface area contributed by atoms with Crippen LogP contribution in [0.15, 0.2) is 17.5 Å². The lowest BCUT2D eigenvalue weighted by atomic mass is 10.3. The summed E-state index contributed by atoms with van der Waals surface area (Å²) in [4.78, 5) is 1.24. The molecule has 0 saturated carbocycles. The van der Waals surface area contributed by atoms with E-state index in [1.54, 1.807) is 11.3 Å². The summed E-state index contributed by atoms with van der Waals surface area (Å²) in [5.74, 6) is 0.587. The summed E-state index contributed by atoms with van der Waals surface area (Å²) in [7, 11) is -2.85. The van der Waals surface area contributed by atoms with Crippen LogP contribution in [0.3, 0.4) is 0 Å². The van der Waals surface area contributed by atoms with Gasteiger partial charge in [0.05, 0.1) is 11.5 Å². The minimum Gasteiger partial charge on any atom is -0.311 e. The minimum atomic E-state index is -2.85. The Morgan fingerprint density at radius 3 is 2.76 bits per heavy atom. The van der Waals surface area contributed by atoms with Crippen molar-refractivity contribution in [2.45, 2.75) is 32.7 Å². The summed E-state index contributed by atoms with van der Waals surface area (Å²) in [6.07, 6.45) is 2.86. The fourth-order valence-corrected chi connectivity index (χ4v) is 3.50. The van der Waals surface area contributed by atoms with E-state index in [4.69, 9.17) is 0 Å². The molecule has 0 aliphatic rings. The molecule has 0 atom stereocenters. The summed E-state index contributed by atoms with van der Waals surface area (Å²) >= 11 is 1.69. The van der Waals surface area contributed by atoms with Crippen molar-refractivity contribution in [1.82, 2.24) is 5.32 Å². The van der Waals surface area contributed by atoms with E-state index in [9.17, 15) is 8.42 Å². The topological polar surface area (TPSA) is 46.2 Å². The molecule has 0 aliphatic carbocycles. The first kappa shape index (κ1) is 14.7. The number of thiophene rings is 1. The Bertz CT molecular complexity index is 385. The number of nitrogens with one attached hydrogen (secondary N) is 1. The molecule has 0 aliphatic heterocycles. The van der Waals surface area contributed by atoms with Gasteiger partial charge in [0.1, 0.15) is 0 Å². The predicted molar refractivity (Wildman–Crippen MR) is 74.2 cm³/mol. The third-order valence-electron chi connectivity index (χ3n) is 2.53. The second-order valence-corrected chi connectivity index (χ2v) is 7.45. The van der Waals surface area contributed by atoms with Crippen LogP contribution in [-0.4, -0.2) is 26.5 Å². The van der Waals surface area contributed by atoms with Crippen molar-refractivity contribution in [1.29, 1.82) is 0 Å². The van der Waals surface area contributed by atoms with E-state index in [2.05, 4.69) is 12.2 Å². The summed E-state index contributed by atoms with van der Waals surface area (Å²) in [6.45, 7) is 3.39. The van der Waals surface area contributed by atoms with Crippen LogP contribution in [0.2, 0.25) is 0 Å². The highest BCUT2D eigenvalue weighted by Crippen LogP contribution is 2.07. The Balaban J connectivity index is 2.12. The first-order valence-electron chi connectivity index (χ1n) is 6.07. The number of hydrogen-bond donors (Lipinski definition) is 1. The Hall–Kier alpha value is -0.390. The molecular formula is C12H21NO2S2. The normalized spacial score (nSPS) is 11.8. The SMILES string of the molecule is CCCCCS(=O)(=O)CCNCc1cccs1. The molecule has 1 aromatic heterocycles. The molecule has 17 heavy (non-hydrogen) atoms. The largest absolute Gasteiger partial charge is 0.311 e. The average Bonchev–Trinajstić information content (AvgIpc) is 2.77. The van der Waals surface area contributed by atoms with Gasteiger partial charge in [-0.1, -0.05) is 25.8 Å². The third kappa shape index (κ3) is 6.81. The molecule has 5 heteroatoms. The Kier molecular flexibility index (Phi) is 6.77. The molecule has 3 nitrogen and oxygen atoms in total. The summed E-state index contributed by atoms with van der Waals surface area (Å²) in [5, 5.41) is 5.19. The molecule has 1 N–H and O–H groups in total. The van der Waals surface area contributed by atoms with Gasteiger partial charge in [0.2, 0.25) is 0 Å². The van der Waals surface area contributed by atoms with Crippen molar-refractivity contribution in [3.63, 3.8) is 0 Å². The van der Waals surface area contributed by atoms with Crippen LogP contribution >= 0.6 is 11.3 Å². The van der Waals surface area contributed by atoms with Crippen molar-refractivity contribution in [2.75, 3.05) is 18.1 Å². The van der Waals surface area contributed by atoms with Gasteiger partial charge in [0, 0.05) is 18.0 Å². The van der Waals surface area contributed by atoms with Gasteiger partial charge in [0.15, 0.2) is 9.84 Å². The molecule has 0 aromatic carbocycles. The van der Waals surface area contributed by atoms with Gasteiger partial charge in [-0.05, 0) is 17.9 Å². The fraction of sp³-hybridized carbons (Fsp3) is 0.667. The van der Waals surface area contributed by atoms with Crippen molar-refractivity contribution in [3.8, 4) is 0 Å². The Morgan fingerprint density at radius 2 is 2.12 bits per heavy atom. The van der Waals surface area contributed by atoms with Gasteiger partial charge in [-0.15, -0.1) is 11.3 Å². The van der Waals surface area contributed by atoms with Crippen molar-refractivity contribution >= 4 is 21.2 Å². The van der Waals surface area contributed by atoms with Crippen LogP contribution in [0.5, 0.6) is 0 Å². The van der Waals surface area contributed by atoms with Crippen LogP contribution in [0, 0.1) is 0 Å². The molecule has 0 amide bonds. The molecule has 0 unspecified atom stereocenters. The van der Waals surface area contributed by atoms with E-state index in [0.29, 0.717) is 12.3 Å². The highest BCUT2D eigenvalue weighted by atomic mass is 32.2. The maximum absolute atomic E-state index is 11.6. The van der Waals surface area contributed by atoms with E-state index in [1.165, 1.54) is 4.88 Å². The van der Waals surface area contributed by atoms with Gasteiger partial charge >= 0.3 is 0 Å². The zero-order chi connectivity index (χ0) is 12.6. The summed E-state index contributed by atoms with van der Waals surface area (Å²) < 4.78 is 23.3. The fourth-order valence-electron chi connectivity index (χ4n) is 1.53. The maximum Gasteiger partial charge on any atom is 0.151 e. The molecule has 0 spiro atoms. The van der Waals surface area contributed by atoms with Gasteiger partial charge in [0.25, 0.3) is 0 Å². The lowest BCUT2D eigenvalue weighted by molar-refractivity contribution is 0.586. The lowest BCUT2D eigenvalue weighted by Crippen LogP contribution is -2.23. The highest BCUT2D eigenvalue weighted by Gasteiger charge is 2.09. The molecular weight excluding hydrogens is 254 g/mol. The second kappa shape index (κ2) is 7.84. The number of rotatable bonds is 9. The van der Waals surface area contributed by atoms with Crippen LogP contribution in [0.1, 0.15) is 31.1 Å². The molecule has 0 bridgehead atoms. The van der Waals surface area contributed by atoms with Crippen molar-refractivity contribution < 1.29 is 8.42 Å². The standard InChI is InChI=1S/C12H21NO2S2/c1-2-3-4-9-17(14,15)10-7-13-11-12-6-5-8-16-12/h5-6,8,13H,2-4,7,9-11H2,1H3. The highest BCUT2D eigenvalue weighted by molar-refractivity contribution is 7.91. The van der Waals surface area contributed by atoms with Crippen LogP contribution in [0.25, 0.3) is 0 Å². The molecule has 0 radical (unpaired) electrons.